The second-order valence-electron chi connectivity index (χ2n) is 7.50. The van der Waals surface area contributed by atoms with Crippen molar-refractivity contribution in [1.82, 2.24) is 9.80 Å². The first-order chi connectivity index (χ1) is 16.5. The highest BCUT2D eigenvalue weighted by Gasteiger charge is 2.39. The number of hydrogen-bond donors (Lipinski definition) is 1. The van der Waals surface area contributed by atoms with Gasteiger partial charge < -0.3 is 14.6 Å². The summed E-state index contributed by atoms with van der Waals surface area (Å²) in [4.78, 5) is 57.1. The molecule has 0 aromatic heterocycles. The Bertz CT molecular complexity index is 1170. The number of nitrogens with zero attached hydrogens (tertiary/aromatic N) is 5. The van der Waals surface area contributed by atoms with Gasteiger partial charge in [-0.05, 0) is 29.8 Å². The molecule has 0 fully saturated rings. The number of carbonyl (C=O) groups is 4. The number of amides is 4. The van der Waals surface area contributed by atoms with Crippen molar-refractivity contribution in [3.05, 3.63) is 57.0 Å². The highest BCUT2D eigenvalue weighted by Crippen LogP contribution is 2.37. The number of ether oxygens (including phenoxy) is 2. The Labute approximate surface area is 193 Å². The molecule has 0 spiro atoms. The van der Waals surface area contributed by atoms with E-state index in [1.165, 1.54) is 24.3 Å². The topological polar surface area (TPSA) is 162 Å². The van der Waals surface area contributed by atoms with Crippen LogP contribution in [0.25, 0.3) is 21.2 Å². The van der Waals surface area contributed by atoms with Gasteiger partial charge in [0.2, 0.25) is 0 Å². The third-order valence-electron chi connectivity index (χ3n) is 5.62. The molecule has 0 saturated carbocycles. The minimum atomic E-state index is -0.542. The molecule has 2 aromatic rings. The molecule has 0 saturated heterocycles. The van der Waals surface area contributed by atoms with Crippen LogP contribution < -0.4 is 0 Å². The lowest BCUT2D eigenvalue weighted by molar-refractivity contribution is 0.0473. The van der Waals surface area contributed by atoms with E-state index in [2.05, 4.69) is 10.0 Å². The van der Waals surface area contributed by atoms with Gasteiger partial charge in [-0.25, -0.2) is 0 Å². The number of azide groups is 1. The van der Waals surface area contributed by atoms with Gasteiger partial charge in [0, 0.05) is 44.5 Å². The molecule has 2 aromatic carbocycles. The van der Waals surface area contributed by atoms with E-state index >= 15 is 0 Å². The lowest BCUT2D eigenvalue weighted by atomic mass is 9.86. The summed E-state index contributed by atoms with van der Waals surface area (Å²) in [7, 11) is 0. The molecule has 0 unspecified atom stereocenters. The first-order valence-electron chi connectivity index (χ1n) is 10.6. The highest BCUT2D eigenvalue weighted by atomic mass is 16.5. The van der Waals surface area contributed by atoms with E-state index in [1.54, 1.807) is 0 Å². The Morgan fingerprint density at radius 2 is 1.15 bits per heavy atom. The molecular weight excluding hydrogens is 446 g/mol. The summed E-state index contributed by atoms with van der Waals surface area (Å²) in [6, 6.07) is 5.96. The molecule has 176 valence electrons. The molecule has 12 heteroatoms. The molecule has 2 aliphatic rings. The van der Waals surface area contributed by atoms with E-state index in [-0.39, 0.29) is 74.9 Å². The van der Waals surface area contributed by atoms with E-state index in [0.717, 1.165) is 9.80 Å². The van der Waals surface area contributed by atoms with E-state index in [4.69, 9.17) is 20.1 Å². The second-order valence-corrected chi connectivity index (χ2v) is 7.50. The van der Waals surface area contributed by atoms with Crippen LogP contribution >= 0.6 is 0 Å². The van der Waals surface area contributed by atoms with Crippen LogP contribution in [0.5, 0.6) is 0 Å². The van der Waals surface area contributed by atoms with Crippen LogP contribution in [0.15, 0.2) is 29.4 Å². The van der Waals surface area contributed by atoms with Crippen molar-refractivity contribution in [2.45, 2.75) is 0 Å². The van der Waals surface area contributed by atoms with Crippen LogP contribution in [0.3, 0.4) is 0 Å². The van der Waals surface area contributed by atoms with Crippen LogP contribution in [0.2, 0.25) is 0 Å². The largest absolute Gasteiger partial charge is 0.394 e. The van der Waals surface area contributed by atoms with E-state index < -0.39 is 23.6 Å². The predicted octanol–water partition coefficient (Wildman–Crippen LogP) is 1.37. The number of imide groups is 2. The number of carbonyl (C=O) groups excluding carboxylic acids is 4. The predicted molar refractivity (Wildman–Crippen MR) is 117 cm³/mol. The Balaban J connectivity index is 1.63. The quantitative estimate of drug-likeness (QED) is 0.171. The van der Waals surface area contributed by atoms with Crippen molar-refractivity contribution in [1.29, 1.82) is 0 Å². The van der Waals surface area contributed by atoms with Crippen molar-refractivity contribution in [3.63, 3.8) is 0 Å². The third kappa shape index (κ3) is 3.99. The van der Waals surface area contributed by atoms with Crippen LogP contribution in [0, 0.1) is 0 Å². The summed E-state index contributed by atoms with van der Waals surface area (Å²) in [5, 5.41) is 12.8. The molecule has 2 heterocycles. The van der Waals surface area contributed by atoms with Gasteiger partial charge in [-0.15, -0.1) is 0 Å². The fraction of sp³-hybridized carbons (Fsp3) is 0.364. The van der Waals surface area contributed by atoms with Crippen LogP contribution in [-0.2, 0) is 9.47 Å². The van der Waals surface area contributed by atoms with Gasteiger partial charge in [-0.3, -0.25) is 29.0 Å². The SMILES string of the molecule is [N-]=[N+]=NCCOCCN1C(=O)c2ccc3c4c(ccc(c24)C1=O)C(=O)N(CCOCCO)C3=O. The standard InChI is InChI=1S/C22H21N5O7/c23-25-24-5-9-33-10-6-26-19(29)13-1-3-15-18-16(4-2-14(17(13)18)20(26)30)22(32)27(21(15)31)7-11-34-12-8-28/h1-4,28H,5-12H2. The Hall–Kier alpha value is -3.83. The zero-order chi connectivity index (χ0) is 24.2. The van der Waals surface area contributed by atoms with Gasteiger partial charge in [0.15, 0.2) is 0 Å². The molecule has 4 rings (SSSR count). The zero-order valence-corrected chi connectivity index (χ0v) is 18.1. The van der Waals surface area contributed by atoms with E-state index in [9.17, 15) is 19.2 Å². The van der Waals surface area contributed by atoms with Gasteiger partial charge in [-0.1, -0.05) is 5.11 Å². The molecule has 0 atom stereocenters. The molecular formula is C22H21N5O7. The summed E-state index contributed by atoms with van der Waals surface area (Å²) in [5.74, 6) is -2.16. The Kier molecular flexibility index (Phi) is 6.85. The summed E-state index contributed by atoms with van der Waals surface area (Å²) in [6.45, 7) is 0.362. The molecule has 0 radical (unpaired) electrons. The lowest BCUT2D eigenvalue weighted by Crippen LogP contribution is -2.45. The van der Waals surface area contributed by atoms with Gasteiger partial charge >= 0.3 is 0 Å². The Morgan fingerprint density at radius 1 is 0.735 bits per heavy atom. The van der Waals surface area contributed by atoms with Gasteiger partial charge in [0.1, 0.15) is 0 Å². The summed E-state index contributed by atoms with van der Waals surface area (Å²) < 4.78 is 10.5. The fourth-order valence-electron chi connectivity index (χ4n) is 4.11. The lowest BCUT2D eigenvalue weighted by Gasteiger charge is -2.31. The first kappa shape index (κ1) is 23.3. The smallest absolute Gasteiger partial charge is 0.261 e. The number of hydrogen-bond acceptors (Lipinski definition) is 8. The van der Waals surface area contributed by atoms with Crippen LogP contribution in [-0.4, -0.2) is 91.2 Å². The maximum absolute atomic E-state index is 13.1. The summed E-state index contributed by atoms with van der Waals surface area (Å²) in [6.07, 6.45) is 0. The molecule has 2 aliphatic heterocycles. The minimum absolute atomic E-state index is 0.00213. The number of rotatable bonds is 11. The fourth-order valence-corrected chi connectivity index (χ4v) is 4.11. The van der Waals surface area contributed by atoms with Crippen molar-refractivity contribution in [2.24, 2.45) is 5.11 Å². The van der Waals surface area contributed by atoms with Crippen molar-refractivity contribution >= 4 is 34.4 Å². The average Bonchev–Trinajstić information content (AvgIpc) is 2.84. The average molecular weight is 467 g/mol. The molecule has 12 nitrogen and oxygen atoms in total. The summed E-state index contributed by atoms with van der Waals surface area (Å²) in [5.41, 5.74) is 9.19. The number of aliphatic hydroxyl groups excluding tert-OH is 1. The Morgan fingerprint density at radius 3 is 1.53 bits per heavy atom. The zero-order valence-electron chi connectivity index (χ0n) is 18.1. The maximum atomic E-state index is 13.1. The molecule has 0 aliphatic carbocycles. The second kappa shape index (κ2) is 9.98. The van der Waals surface area contributed by atoms with Crippen molar-refractivity contribution < 1.29 is 33.8 Å². The van der Waals surface area contributed by atoms with Crippen LogP contribution in [0.1, 0.15) is 41.4 Å². The monoisotopic (exact) mass is 467 g/mol. The van der Waals surface area contributed by atoms with E-state index in [0.29, 0.717) is 10.8 Å². The normalized spacial score (nSPS) is 14.7. The van der Waals surface area contributed by atoms with Gasteiger partial charge in [0.25, 0.3) is 23.6 Å². The van der Waals surface area contributed by atoms with Crippen molar-refractivity contribution in [3.8, 4) is 0 Å². The molecule has 1 N–H and O–H groups in total. The summed E-state index contributed by atoms with van der Waals surface area (Å²) >= 11 is 0. The minimum Gasteiger partial charge on any atom is -0.394 e. The number of benzene rings is 2. The van der Waals surface area contributed by atoms with Crippen molar-refractivity contribution in [2.75, 3.05) is 52.7 Å². The highest BCUT2D eigenvalue weighted by molar-refractivity contribution is 6.33. The molecule has 0 bridgehead atoms. The molecule has 4 amide bonds. The molecule has 34 heavy (non-hydrogen) atoms. The first-order valence-corrected chi connectivity index (χ1v) is 10.6. The maximum Gasteiger partial charge on any atom is 0.261 e. The van der Waals surface area contributed by atoms with Gasteiger partial charge in [0.05, 0.1) is 46.1 Å². The van der Waals surface area contributed by atoms with E-state index in [1.807, 2.05) is 0 Å². The van der Waals surface area contributed by atoms with Gasteiger partial charge in [-0.2, -0.15) is 0 Å². The third-order valence-corrected chi connectivity index (χ3v) is 5.62. The number of aliphatic hydroxyl groups is 1. The van der Waals surface area contributed by atoms with Crippen LogP contribution in [0.4, 0.5) is 0 Å².